The van der Waals surface area contributed by atoms with E-state index in [1.54, 1.807) is 7.11 Å². The second-order valence-corrected chi connectivity index (χ2v) is 8.25. The van der Waals surface area contributed by atoms with Gasteiger partial charge in [0.25, 0.3) is 0 Å². The van der Waals surface area contributed by atoms with Gasteiger partial charge in [0.05, 0.1) is 0 Å². The summed E-state index contributed by atoms with van der Waals surface area (Å²) in [7, 11) is 1.78. The van der Waals surface area contributed by atoms with E-state index in [1.807, 2.05) is 11.3 Å². The Bertz CT molecular complexity index is 504. The molecule has 2 N–H and O–H groups in total. The fourth-order valence-electron chi connectivity index (χ4n) is 3.33. The standard InChI is InChI=1S/C20H36N4OS.HI/c1-4-21-20(22-16-17(2)15-19-7-5-14-26-19)23-18-8-11-24(12-9-18)10-6-13-25-3;/h5,7,14,17-18H,4,6,8-13,15-16H2,1-3H3,(H2,21,22,23);1H. The molecule has 0 aromatic carbocycles. The topological polar surface area (TPSA) is 48.9 Å². The van der Waals surface area contributed by atoms with E-state index in [1.165, 1.54) is 17.7 Å². The Kier molecular flexibility index (Phi) is 13.3. The molecule has 2 heterocycles. The summed E-state index contributed by atoms with van der Waals surface area (Å²) in [6, 6.07) is 4.87. The van der Waals surface area contributed by atoms with Gasteiger partial charge in [-0.3, -0.25) is 4.99 Å². The third-order valence-corrected chi connectivity index (χ3v) is 5.68. The number of piperidine rings is 1. The molecule has 2 rings (SSSR count). The molecule has 0 aliphatic carbocycles. The first kappa shape index (κ1) is 24.7. The van der Waals surface area contributed by atoms with Crippen LogP contribution in [0.25, 0.3) is 0 Å². The first-order valence-electron chi connectivity index (χ1n) is 9.99. The molecular weight excluding hydrogens is 471 g/mol. The average Bonchev–Trinajstić information content (AvgIpc) is 3.14. The van der Waals surface area contributed by atoms with Gasteiger partial charge in [0.1, 0.15) is 0 Å². The van der Waals surface area contributed by atoms with Crippen molar-refractivity contribution >= 4 is 41.3 Å². The van der Waals surface area contributed by atoms with E-state index >= 15 is 0 Å². The molecule has 7 heteroatoms. The van der Waals surface area contributed by atoms with Crippen LogP contribution in [0.2, 0.25) is 0 Å². The summed E-state index contributed by atoms with van der Waals surface area (Å²) in [6.45, 7) is 10.5. The van der Waals surface area contributed by atoms with Crippen LogP contribution < -0.4 is 10.6 Å². The van der Waals surface area contributed by atoms with E-state index in [9.17, 15) is 0 Å². The van der Waals surface area contributed by atoms with Gasteiger partial charge in [-0.1, -0.05) is 13.0 Å². The normalized spacial score (nSPS) is 17.4. The van der Waals surface area contributed by atoms with Gasteiger partial charge in [0.15, 0.2) is 5.96 Å². The molecule has 1 fully saturated rings. The van der Waals surface area contributed by atoms with Gasteiger partial charge in [0.2, 0.25) is 0 Å². The summed E-state index contributed by atoms with van der Waals surface area (Å²) in [5.74, 6) is 1.54. The van der Waals surface area contributed by atoms with Crippen LogP contribution in [-0.2, 0) is 11.2 Å². The Morgan fingerprint density at radius 3 is 2.81 bits per heavy atom. The average molecular weight is 509 g/mol. The summed E-state index contributed by atoms with van der Waals surface area (Å²) < 4.78 is 5.15. The minimum atomic E-state index is 0. The van der Waals surface area contributed by atoms with Crippen molar-refractivity contribution in [1.29, 1.82) is 0 Å². The maximum absolute atomic E-state index is 5.15. The fourth-order valence-corrected chi connectivity index (χ4v) is 4.20. The molecule has 27 heavy (non-hydrogen) atoms. The molecule has 0 radical (unpaired) electrons. The monoisotopic (exact) mass is 508 g/mol. The number of guanidine groups is 1. The molecule has 1 aromatic heterocycles. The van der Waals surface area contributed by atoms with Crippen LogP contribution in [0.4, 0.5) is 0 Å². The highest BCUT2D eigenvalue weighted by molar-refractivity contribution is 14.0. The fraction of sp³-hybridized carbons (Fsp3) is 0.750. The van der Waals surface area contributed by atoms with Crippen molar-refractivity contribution in [2.24, 2.45) is 10.9 Å². The van der Waals surface area contributed by atoms with Crippen molar-refractivity contribution in [3.8, 4) is 0 Å². The summed E-state index contributed by atoms with van der Waals surface area (Å²) >= 11 is 1.84. The van der Waals surface area contributed by atoms with Crippen molar-refractivity contribution in [2.45, 2.75) is 45.6 Å². The molecule has 1 aliphatic heterocycles. The van der Waals surface area contributed by atoms with Crippen molar-refractivity contribution < 1.29 is 4.74 Å². The third kappa shape index (κ3) is 10.1. The van der Waals surface area contributed by atoms with Crippen molar-refractivity contribution in [1.82, 2.24) is 15.5 Å². The minimum absolute atomic E-state index is 0. The smallest absolute Gasteiger partial charge is 0.191 e. The van der Waals surface area contributed by atoms with Gasteiger partial charge in [-0.15, -0.1) is 35.3 Å². The Hall–Kier alpha value is -0.380. The van der Waals surface area contributed by atoms with Gasteiger partial charge in [-0.05, 0) is 50.0 Å². The van der Waals surface area contributed by atoms with Gasteiger partial charge < -0.3 is 20.3 Å². The van der Waals surface area contributed by atoms with Crippen LogP contribution >= 0.6 is 35.3 Å². The molecule has 1 aromatic rings. The number of methoxy groups -OCH3 is 1. The Morgan fingerprint density at radius 2 is 2.19 bits per heavy atom. The van der Waals surface area contributed by atoms with E-state index in [-0.39, 0.29) is 24.0 Å². The number of nitrogens with zero attached hydrogens (tertiary/aromatic N) is 2. The lowest BCUT2D eigenvalue weighted by Gasteiger charge is -2.33. The number of halogens is 1. The molecule has 0 saturated carbocycles. The highest BCUT2D eigenvalue weighted by Gasteiger charge is 2.19. The molecule has 0 spiro atoms. The number of likely N-dealkylation sites (tertiary alicyclic amines) is 1. The second kappa shape index (κ2) is 14.6. The van der Waals surface area contributed by atoms with Crippen LogP contribution in [0, 0.1) is 5.92 Å². The molecule has 0 bridgehead atoms. The highest BCUT2D eigenvalue weighted by atomic mass is 127. The summed E-state index contributed by atoms with van der Waals surface area (Å²) in [6.07, 6.45) is 4.60. The molecule has 5 nitrogen and oxygen atoms in total. The van der Waals surface area contributed by atoms with Gasteiger partial charge in [0, 0.05) is 57.4 Å². The molecule has 1 saturated heterocycles. The summed E-state index contributed by atoms with van der Waals surface area (Å²) in [4.78, 5) is 8.83. The Labute approximate surface area is 186 Å². The molecule has 0 amide bonds. The number of hydrogen-bond acceptors (Lipinski definition) is 4. The lowest BCUT2D eigenvalue weighted by Crippen LogP contribution is -2.49. The Balaban J connectivity index is 0.00000364. The number of aliphatic imine (C=N–C) groups is 1. The minimum Gasteiger partial charge on any atom is -0.385 e. The van der Waals surface area contributed by atoms with Gasteiger partial charge >= 0.3 is 0 Å². The maximum Gasteiger partial charge on any atom is 0.191 e. The predicted octanol–water partition coefficient (Wildman–Crippen LogP) is 3.60. The molecule has 1 aliphatic rings. The largest absolute Gasteiger partial charge is 0.385 e. The number of ether oxygens (including phenoxy) is 1. The van der Waals surface area contributed by atoms with Crippen LogP contribution in [0.3, 0.4) is 0 Å². The zero-order chi connectivity index (χ0) is 18.6. The highest BCUT2D eigenvalue weighted by Crippen LogP contribution is 2.15. The number of thiophene rings is 1. The van der Waals surface area contributed by atoms with E-state index in [0.717, 1.165) is 58.1 Å². The van der Waals surface area contributed by atoms with Crippen LogP contribution in [0.15, 0.2) is 22.5 Å². The van der Waals surface area contributed by atoms with Gasteiger partial charge in [-0.25, -0.2) is 0 Å². The number of nitrogens with one attached hydrogen (secondary N) is 2. The van der Waals surface area contributed by atoms with E-state index in [2.05, 4.69) is 46.9 Å². The predicted molar refractivity (Wildman–Crippen MR) is 128 cm³/mol. The summed E-state index contributed by atoms with van der Waals surface area (Å²) in [5.41, 5.74) is 0. The zero-order valence-electron chi connectivity index (χ0n) is 17.1. The van der Waals surface area contributed by atoms with Crippen LogP contribution in [0.5, 0.6) is 0 Å². The zero-order valence-corrected chi connectivity index (χ0v) is 20.2. The van der Waals surface area contributed by atoms with E-state index in [4.69, 9.17) is 9.73 Å². The van der Waals surface area contributed by atoms with E-state index < -0.39 is 0 Å². The maximum atomic E-state index is 5.15. The second-order valence-electron chi connectivity index (χ2n) is 7.21. The Morgan fingerprint density at radius 1 is 1.41 bits per heavy atom. The van der Waals surface area contributed by atoms with Crippen molar-refractivity contribution in [2.75, 3.05) is 46.4 Å². The SMILES string of the molecule is CCNC(=NCC(C)Cc1cccs1)NC1CCN(CCCOC)CC1.I. The van der Waals surface area contributed by atoms with Gasteiger partial charge in [-0.2, -0.15) is 0 Å². The van der Waals surface area contributed by atoms with Crippen molar-refractivity contribution in [3.05, 3.63) is 22.4 Å². The van der Waals surface area contributed by atoms with Crippen LogP contribution in [-0.4, -0.2) is 63.3 Å². The lowest BCUT2D eigenvalue weighted by atomic mass is 10.1. The molecule has 1 unspecified atom stereocenters. The lowest BCUT2D eigenvalue weighted by molar-refractivity contribution is 0.155. The molecule has 1 atom stereocenters. The van der Waals surface area contributed by atoms with Crippen molar-refractivity contribution in [3.63, 3.8) is 0 Å². The number of hydrogen-bond donors (Lipinski definition) is 2. The molecule has 156 valence electrons. The van der Waals surface area contributed by atoms with Crippen LogP contribution in [0.1, 0.15) is 38.0 Å². The number of rotatable bonds is 10. The summed E-state index contributed by atoms with van der Waals surface area (Å²) in [5, 5.41) is 9.21. The van der Waals surface area contributed by atoms with E-state index in [0.29, 0.717) is 12.0 Å². The first-order chi connectivity index (χ1) is 12.7. The quantitative estimate of drug-likeness (QED) is 0.220. The molecular formula is C20H37IN4OS. The first-order valence-corrected chi connectivity index (χ1v) is 10.9. The third-order valence-electron chi connectivity index (χ3n) is 4.79.